The summed E-state index contributed by atoms with van der Waals surface area (Å²) in [7, 11) is -8.80. The summed E-state index contributed by atoms with van der Waals surface area (Å²) in [5.74, 6) is 0. The standard InChI is InChI=1S/C20H23NO6S2/c1-2-3-6-11-17(21(22)23)16-20(28(24,25)18-12-7-4-8-13-18)29(26,27)19-14-9-5-10-15-19/h4-5,7-15,20H,2-3,6,16H2,1H3/b17-11-. The fourth-order valence-electron chi connectivity index (χ4n) is 2.79. The van der Waals surface area contributed by atoms with Crippen molar-refractivity contribution >= 4 is 19.7 Å². The average molecular weight is 438 g/mol. The molecule has 0 fully saturated rings. The van der Waals surface area contributed by atoms with E-state index in [1.807, 2.05) is 6.92 Å². The molecule has 0 saturated heterocycles. The second-order valence-electron chi connectivity index (χ2n) is 6.44. The fourth-order valence-corrected chi connectivity index (χ4v) is 7.25. The van der Waals surface area contributed by atoms with Gasteiger partial charge in [-0.05, 0) is 43.2 Å². The minimum Gasteiger partial charge on any atom is -0.259 e. The first-order valence-electron chi connectivity index (χ1n) is 9.12. The third-order valence-electron chi connectivity index (χ3n) is 4.38. The summed E-state index contributed by atoms with van der Waals surface area (Å²) in [6, 6.07) is 14.3. The van der Waals surface area contributed by atoms with Crippen molar-refractivity contribution in [1.82, 2.24) is 0 Å². The first-order valence-corrected chi connectivity index (χ1v) is 12.2. The van der Waals surface area contributed by atoms with Gasteiger partial charge in [0.15, 0.2) is 24.3 Å². The molecule has 0 bridgehead atoms. The van der Waals surface area contributed by atoms with Gasteiger partial charge in [-0.25, -0.2) is 16.8 Å². The zero-order chi connectivity index (χ0) is 21.5. The zero-order valence-corrected chi connectivity index (χ0v) is 17.6. The van der Waals surface area contributed by atoms with Gasteiger partial charge >= 0.3 is 0 Å². The van der Waals surface area contributed by atoms with Gasteiger partial charge in [-0.2, -0.15) is 0 Å². The molecule has 0 spiro atoms. The zero-order valence-electron chi connectivity index (χ0n) is 16.0. The Morgan fingerprint density at radius 1 is 0.931 bits per heavy atom. The summed E-state index contributed by atoms with van der Waals surface area (Å²) in [5.41, 5.74) is -0.414. The van der Waals surface area contributed by atoms with Crippen molar-refractivity contribution in [3.05, 3.63) is 82.6 Å². The number of hydrogen-bond donors (Lipinski definition) is 0. The lowest BCUT2D eigenvalue weighted by molar-refractivity contribution is -0.427. The van der Waals surface area contributed by atoms with Crippen LogP contribution in [-0.4, -0.2) is 26.3 Å². The van der Waals surface area contributed by atoms with Crippen molar-refractivity contribution < 1.29 is 21.8 Å². The molecule has 2 aromatic rings. The molecule has 2 rings (SSSR count). The van der Waals surface area contributed by atoms with Gasteiger partial charge in [0, 0.05) is 0 Å². The highest BCUT2D eigenvalue weighted by atomic mass is 32.3. The van der Waals surface area contributed by atoms with Gasteiger partial charge in [0.25, 0.3) is 0 Å². The van der Waals surface area contributed by atoms with E-state index in [1.54, 1.807) is 12.1 Å². The SMILES string of the molecule is CCCC/C=C(/CC(S(=O)(=O)c1ccccc1)S(=O)(=O)c1ccccc1)[N+](=O)[O-]. The van der Waals surface area contributed by atoms with Crippen LogP contribution in [0.15, 0.2) is 82.2 Å². The Kier molecular flexibility index (Phi) is 7.69. The van der Waals surface area contributed by atoms with Crippen LogP contribution in [0.5, 0.6) is 0 Å². The van der Waals surface area contributed by atoms with Crippen molar-refractivity contribution in [2.75, 3.05) is 0 Å². The molecule has 29 heavy (non-hydrogen) atoms. The van der Waals surface area contributed by atoms with Crippen LogP contribution < -0.4 is 0 Å². The number of nitrogens with zero attached hydrogens (tertiary/aromatic N) is 1. The molecule has 0 N–H and O–H groups in total. The van der Waals surface area contributed by atoms with Crippen molar-refractivity contribution in [3.8, 4) is 0 Å². The summed E-state index contributed by atoms with van der Waals surface area (Å²) in [5, 5.41) is 11.5. The highest BCUT2D eigenvalue weighted by molar-refractivity contribution is 8.09. The maximum absolute atomic E-state index is 13.2. The van der Waals surface area contributed by atoms with E-state index < -0.39 is 41.3 Å². The quantitative estimate of drug-likeness (QED) is 0.315. The maximum atomic E-state index is 13.2. The molecule has 0 aliphatic carbocycles. The monoisotopic (exact) mass is 437 g/mol. The number of benzene rings is 2. The second kappa shape index (κ2) is 9.80. The van der Waals surface area contributed by atoms with Crippen LogP contribution in [0, 0.1) is 10.1 Å². The summed E-state index contributed by atoms with van der Waals surface area (Å²) in [6.45, 7) is 1.92. The van der Waals surface area contributed by atoms with Crippen molar-refractivity contribution in [1.29, 1.82) is 0 Å². The maximum Gasteiger partial charge on any atom is 0.244 e. The smallest absolute Gasteiger partial charge is 0.244 e. The van der Waals surface area contributed by atoms with E-state index in [0.29, 0.717) is 12.8 Å². The van der Waals surface area contributed by atoms with E-state index in [2.05, 4.69) is 0 Å². The van der Waals surface area contributed by atoms with Crippen molar-refractivity contribution in [2.45, 2.75) is 47.0 Å². The van der Waals surface area contributed by atoms with E-state index in [1.165, 1.54) is 54.6 Å². The number of allylic oxidation sites excluding steroid dienone is 2. The molecule has 0 atom stereocenters. The molecule has 0 amide bonds. The number of unbranched alkanes of at least 4 members (excludes halogenated alkanes) is 2. The van der Waals surface area contributed by atoms with Crippen LogP contribution in [-0.2, 0) is 19.7 Å². The molecular weight excluding hydrogens is 414 g/mol. The van der Waals surface area contributed by atoms with Gasteiger partial charge in [0.2, 0.25) is 5.70 Å². The summed E-state index contributed by atoms with van der Waals surface area (Å²) >= 11 is 0. The van der Waals surface area contributed by atoms with Gasteiger partial charge in [-0.15, -0.1) is 0 Å². The Hall–Kier alpha value is -2.52. The predicted octanol–water partition coefficient (Wildman–Crippen LogP) is 4.00. The Morgan fingerprint density at radius 2 is 1.38 bits per heavy atom. The fraction of sp³-hybridized carbons (Fsp3) is 0.300. The van der Waals surface area contributed by atoms with Crippen LogP contribution in [0.25, 0.3) is 0 Å². The summed E-state index contributed by atoms with van der Waals surface area (Å²) < 4.78 is 50.8. The number of sulfone groups is 2. The van der Waals surface area contributed by atoms with Gasteiger partial charge < -0.3 is 0 Å². The Bertz CT molecular complexity index is 993. The topological polar surface area (TPSA) is 111 Å². The minimum atomic E-state index is -4.40. The molecule has 0 radical (unpaired) electrons. The molecule has 0 heterocycles. The highest BCUT2D eigenvalue weighted by Crippen LogP contribution is 2.30. The molecule has 0 aliphatic rings. The van der Waals surface area contributed by atoms with Gasteiger partial charge in [-0.1, -0.05) is 49.7 Å². The van der Waals surface area contributed by atoms with E-state index in [9.17, 15) is 26.9 Å². The second-order valence-corrected chi connectivity index (χ2v) is 11.0. The molecule has 156 valence electrons. The Balaban J connectivity index is 2.60. The van der Waals surface area contributed by atoms with Crippen LogP contribution >= 0.6 is 0 Å². The third-order valence-corrected chi connectivity index (χ3v) is 9.48. The lowest BCUT2D eigenvalue weighted by Gasteiger charge is -2.18. The third kappa shape index (κ3) is 5.51. The van der Waals surface area contributed by atoms with Gasteiger partial charge in [0.05, 0.1) is 21.1 Å². The molecule has 2 aromatic carbocycles. The van der Waals surface area contributed by atoms with Crippen molar-refractivity contribution in [3.63, 3.8) is 0 Å². The highest BCUT2D eigenvalue weighted by Gasteiger charge is 2.42. The first kappa shape index (κ1) is 22.8. The molecule has 0 unspecified atom stereocenters. The molecular formula is C20H23NO6S2. The average Bonchev–Trinajstić information content (AvgIpc) is 2.71. The predicted molar refractivity (Wildman–Crippen MR) is 110 cm³/mol. The summed E-state index contributed by atoms with van der Waals surface area (Å²) in [6.07, 6.45) is 2.44. The normalized spacial score (nSPS) is 12.8. The van der Waals surface area contributed by atoms with Crippen LogP contribution in [0.2, 0.25) is 0 Å². The molecule has 0 aromatic heterocycles. The number of hydrogen-bond acceptors (Lipinski definition) is 6. The minimum absolute atomic E-state index is 0.194. The lowest BCUT2D eigenvalue weighted by Crippen LogP contribution is -2.32. The molecule has 7 nitrogen and oxygen atoms in total. The largest absolute Gasteiger partial charge is 0.259 e. The Morgan fingerprint density at radius 3 is 1.76 bits per heavy atom. The van der Waals surface area contributed by atoms with Gasteiger partial charge in [-0.3, -0.25) is 10.1 Å². The van der Waals surface area contributed by atoms with E-state index >= 15 is 0 Å². The van der Waals surface area contributed by atoms with Crippen LogP contribution in [0.1, 0.15) is 32.6 Å². The Labute approximate surface area is 171 Å². The summed E-state index contributed by atoms with van der Waals surface area (Å²) in [4.78, 5) is 10.4. The lowest BCUT2D eigenvalue weighted by atomic mass is 10.2. The molecule has 0 aliphatic heterocycles. The van der Waals surface area contributed by atoms with Crippen LogP contribution in [0.3, 0.4) is 0 Å². The number of nitro groups is 1. The van der Waals surface area contributed by atoms with Gasteiger partial charge in [0.1, 0.15) is 0 Å². The molecule has 9 heteroatoms. The molecule has 0 saturated carbocycles. The number of rotatable bonds is 10. The first-order chi connectivity index (χ1) is 13.7. The van der Waals surface area contributed by atoms with E-state index in [-0.39, 0.29) is 9.79 Å². The van der Waals surface area contributed by atoms with E-state index in [0.717, 1.165) is 6.42 Å². The van der Waals surface area contributed by atoms with Crippen molar-refractivity contribution in [2.24, 2.45) is 0 Å². The van der Waals surface area contributed by atoms with Crippen LogP contribution in [0.4, 0.5) is 0 Å². The van der Waals surface area contributed by atoms with E-state index in [4.69, 9.17) is 0 Å².